The lowest BCUT2D eigenvalue weighted by atomic mass is 10.0. The van der Waals surface area contributed by atoms with Crippen LogP contribution in [0.5, 0.6) is 0 Å². The van der Waals surface area contributed by atoms with Crippen LogP contribution in [-0.2, 0) is 11.3 Å². The van der Waals surface area contributed by atoms with E-state index in [0.717, 1.165) is 31.0 Å². The van der Waals surface area contributed by atoms with Gasteiger partial charge in [0.2, 0.25) is 5.91 Å². The van der Waals surface area contributed by atoms with Crippen molar-refractivity contribution in [2.45, 2.75) is 26.3 Å². The molecular weight excluding hydrogens is 204 g/mol. The van der Waals surface area contributed by atoms with Crippen LogP contribution >= 0.6 is 0 Å². The molecule has 1 aromatic rings. The van der Waals surface area contributed by atoms with Crippen LogP contribution in [0.3, 0.4) is 0 Å². The molecule has 1 saturated heterocycles. The summed E-state index contributed by atoms with van der Waals surface area (Å²) in [6, 6.07) is 3.80. The maximum absolute atomic E-state index is 11.6. The van der Waals surface area contributed by atoms with Crippen molar-refractivity contribution >= 4 is 5.91 Å². The first-order chi connectivity index (χ1) is 7.74. The van der Waals surface area contributed by atoms with Crippen LogP contribution in [0.2, 0.25) is 0 Å². The standard InChI is InChI=1S/C12H18N2O2/c1-9-2-3-11(16-9)8-14-12(15)6-10-4-5-13-7-10/h2-3,10,13H,4-8H2,1H3,(H,14,15). The highest BCUT2D eigenvalue weighted by Gasteiger charge is 2.17. The Hall–Kier alpha value is -1.29. The summed E-state index contributed by atoms with van der Waals surface area (Å²) in [4.78, 5) is 11.6. The lowest BCUT2D eigenvalue weighted by Gasteiger charge is -2.07. The third kappa shape index (κ3) is 3.10. The molecule has 4 nitrogen and oxygen atoms in total. The lowest BCUT2D eigenvalue weighted by Crippen LogP contribution is -2.25. The van der Waals surface area contributed by atoms with Crippen LogP contribution in [0.1, 0.15) is 24.4 Å². The van der Waals surface area contributed by atoms with E-state index in [9.17, 15) is 4.79 Å². The van der Waals surface area contributed by atoms with Crippen LogP contribution in [0.15, 0.2) is 16.5 Å². The van der Waals surface area contributed by atoms with Crippen LogP contribution in [0.25, 0.3) is 0 Å². The van der Waals surface area contributed by atoms with Gasteiger partial charge in [0.1, 0.15) is 11.5 Å². The molecule has 0 spiro atoms. The Kier molecular flexibility index (Phi) is 3.62. The lowest BCUT2D eigenvalue weighted by molar-refractivity contribution is -0.122. The van der Waals surface area contributed by atoms with Gasteiger partial charge in [0, 0.05) is 6.42 Å². The molecule has 2 N–H and O–H groups in total. The number of amides is 1. The summed E-state index contributed by atoms with van der Waals surface area (Å²) >= 11 is 0. The molecule has 0 aliphatic carbocycles. The smallest absolute Gasteiger partial charge is 0.220 e. The summed E-state index contributed by atoms with van der Waals surface area (Å²) in [5.74, 6) is 2.31. The Balaban J connectivity index is 1.71. The van der Waals surface area contributed by atoms with Crippen LogP contribution in [0, 0.1) is 12.8 Å². The molecule has 1 aliphatic rings. The van der Waals surface area contributed by atoms with E-state index in [1.165, 1.54) is 0 Å². The molecule has 16 heavy (non-hydrogen) atoms. The second-order valence-electron chi connectivity index (χ2n) is 4.35. The number of furan rings is 1. The zero-order valence-corrected chi connectivity index (χ0v) is 9.58. The largest absolute Gasteiger partial charge is 0.465 e. The summed E-state index contributed by atoms with van der Waals surface area (Å²) in [7, 11) is 0. The monoisotopic (exact) mass is 222 g/mol. The molecule has 0 bridgehead atoms. The van der Waals surface area contributed by atoms with Gasteiger partial charge in [0.15, 0.2) is 0 Å². The van der Waals surface area contributed by atoms with Crippen molar-refractivity contribution in [3.63, 3.8) is 0 Å². The van der Waals surface area contributed by atoms with E-state index >= 15 is 0 Å². The zero-order valence-electron chi connectivity index (χ0n) is 9.58. The molecule has 1 amide bonds. The summed E-state index contributed by atoms with van der Waals surface area (Å²) in [6.45, 7) is 4.39. The van der Waals surface area contributed by atoms with Crippen LogP contribution in [-0.4, -0.2) is 19.0 Å². The van der Waals surface area contributed by atoms with Crippen molar-refractivity contribution in [2.24, 2.45) is 5.92 Å². The Morgan fingerprint density at radius 3 is 3.12 bits per heavy atom. The van der Waals surface area contributed by atoms with E-state index in [1.807, 2.05) is 19.1 Å². The van der Waals surface area contributed by atoms with Gasteiger partial charge in [-0.2, -0.15) is 0 Å². The molecule has 1 unspecified atom stereocenters. The minimum atomic E-state index is 0.114. The highest BCUT2D eigenvalue weighted by atomic mass is 16.3. The molecule has 2 heterocycles. The van der Waals surface area contributed by atoms with Crippen molar-refractivity contribution < 1.29 is 9.21 Å². The van der Waals surface area contributed by atoms with Gasteiger partial charge in [-0.25, -0.2) is 0 Å². The SMILES string of the molecule is Cc1ccc(CNC(=O)CC2CCNC2)o1. The second kappa shape index (κ2) is 5.16. The number of hydrogen-bond donors (Lipinski definition) is 2. The Morgan fingerprint density at radius 2 is 2.50 bits per heavy atom. The third-order valence-electron chi connectivity index (χ3n) is 2.89. The molecule has 0 saturated carbocycles. The fraction of sp³-hybridized carbons (Fsp3) is 0.583. The van der Waals surface area contributed by atoms with Gasteiger partial charge in [-0.05, 0) is 44.5 Å². The summed E-state index contributed by atoms with van der Waals surface area (Å²) in [6.07, 6.45) is 1.72. The van der Waals surface area contributed by atoms with E-state index in [1.54, 1.807) is 0 Å². The van der Waals surface area contributed by atoms with E-state index in [4.69, 9.17) is 4.42 Å². The van der Waals surface area contributed by atoms with Crippen molar-refractivity contribution in [3.8, 4) is 0 Å². The first kappa shape index (κ1) is 11.2. The van der Waals surface area contributed by atoms with Gasteiger partial charge in [-0.1, -0.05) is 0 Å². The van der Waals surface area contributed by atoms with E-state index in [0.29, 0.717) is 18.9 Å². The predicted octanol–water partition coefficient (Wildman–Crippen LogP) is 1.20. The average molecular weight is 222 g/mol. The summed E-state index contributed by atoms with van der Waals surface area (Å²) < 4.78 is 5.38. The quantitative estimate of drug-likeness (QED) is 0.805. The molecule has 88 valence electrons. The number of nitrogens with one attached hydrogen (secondary N) is 2. The summed E-state index contributed by atoms with van der Waals surface area (Å²) in [5.41, 5.74) is 0. The van der Waals surface area contributed by atoms with Crippen molar-refractivity contribution in [1.29, 1.82) is 0 Å². The first-order valence-electron chi connectivity index (χ1n) is 5.77. The molecule has 1 atom stereocenters. The fourth-order valence-electron chi connectivity index (χ4n) is 1.99. The van der Waals surface area contributed by atoms with Gasteiger partial charge in [0.25, 0.3) is 0 Å². The van der Waals surface area contributed by atoms with E-state index in [2.05, 4.69) is 10.6 Å². The maximum atomic E-state index is 11.6. The molecule has 1 aromatic heterocycles. The molecule has 0 radical (unpaired) electrons. The van der Waals surface area contributed by atoms with Gasteiger partial charge in [-0.15, -0.1) is 0 Å². The fourth-order valence-corrected chi connectivity index (χ4v) is 1.99. The minimum Gasteiger partial charge on any atom is -0.465 e. The molecule has 0 aromatic carbocycles. The Bertz CT molecular complexity index is 354. The normalized spacial score (nSPS) is 19.9. The van der Waals surface area contributed by atoms with Gasteiger partial charge in [0.05, 0.1) is 6.54 Å². The molecule has 1 aliphatic heterocycles. The Labute approximate surface area is 95.4 Å². The second-order valence-corrected chi connectivity index (χ2v) is 4.35. The number of carbonyl (C=O) groups excluding carboxylic acids is 1. The third-order valence-corrected chi connectivity index (χ3v) is 2.89. The van der Waals surface area contributed by atoms with Crippen molar-refractivity contribution in [1.82, 2.24) is 10.6 Å². The Morgan fingerprint density at radius 1 is 1.62 bits per heavy atom. The molecule has 4 heteroatoms. The maximum Gasteiger partial charge on any atom is 0.220 e. The van der Waals surface area contributed by atoms with Gasteiger partial charge >= 0.3 is 0 Å². The predicted molar refractivity (Wildman–Crippen MR) is 60.9 cm³/mol. The molecule has 2 rings (SSSR count). The topological polar surface area (TPSA) is 54.3 Å². The number of hydrogen-bond acceptors (Lipinski definition) is 3. The van der Waals surface area contributed by atoms with E-state index < -0.39 is 0 Å². The number of rotatable bonds is 4. The minimum absolute atomic E-state index is 0.114. The molecule has 1 fully saturated rings. The van der Waals surface area contributed by atoms with Gasteiger partial charge < -0.3 is 15.1 Å². The van der Waals surface area contributed by atoms with Gasteiger partial charge in [-0.3, -0.25) is 4.79 Å². The zero-order chi connectivity index (χ0) is 11.4. The van der Waals surface area contributed by atoms with Crippen LogP contribution < -0.4 is 10.6 Å². The number of carbonyl (C=O) groups is 1. The molecular formula is C12H18N2O2. The van der Waals surface area contributed by atoms with E-state index in [-0.39, 0.29) is 5.91 Å². The van der Waals surface area contributed by atoms with Crippen molar-refractivity contribution in [2.75, 3.05) is 13.1 Å². The summed E-state index contributed by atoms with van der Waals surface area (Å²) in [5, 5.41) is 6.13. The average Bonchev–Trinajstić information content (AvgIpc) is 2.87. The van der Waals surface area contributed by atoms with Crippen molar-refractivity contribution in [3.05, 3.63) is 23.7 Å². The first-order valence-corrected chi connectivity index (χ1v) is 5.77. The van der Waals surface area contributed by atoms with Crippen LogP contribution in [0.4, 0.5) is 0 Å². The number of aryl methyl sites for hydroxylation is 1. The highest BCUT2D eigenvalue weighted by Crippen LogP contribution is 2.12. The highest BCUT2D eigenvalue weighted by molar-refractivity contribution is 5.76.